The molecule has 3 heterocycles. The summed E-state index contributed by atoms with van der Waals surface area (Å²) in [6, 6.07) is 0.145. The largest absolute Gasteiger partial charge is 0.471 e. The number of nitrogens with two attached hydrogens (primary N) is 1. The number of halogens is 3. The summed E-state index contributed by atoms with van der Waals surface area (Å²) in [4.78, 5) is 30.9. The number of carbonyl (C=O) groups is 2. The maximum Gasteiger partial charge on any atom is 0.471 e. The first-order valence-electron chi connectivity index (χ1n) is 9.66. The topological polar surface area (TPSA) is 162 Å². The van der Waals surface area contributed by atoms with E-state index in [0.717, 1.165) is 18.9 Å². The molecular formula is C18H22F3N5O6S. The highest BCUT2D eigenvalue weighted by Crippen LogP contribution is 2.34. The van der Waals surface area contributed by atoms with Gasteiger partial charge in [-0.25, -0.2) is 14.8 Å². The van der Waals surface area contributed by atoms with Gasteiger partial charge in [-0.1, -0.05) is 0 Å². The zero-order valence-electron chi connectivity index (χ0n) is 17.2. The molecule has 15 heteroatoms. The SMILES string of the molecule is COC(=O)[C@H](CCSC[C@H]1O[C@@H](n2cnc3c(N)nccc32)[C@H](O)[C@@H]1O)NC(=O)C(F)(F)F. The van der Waals surface area contributed by atoms with E-state index in [1.165, 1.54) is 17.1 Å². The number of thioether (sulfide) groups is 1. The normalized spacial score (nSPS) is 24.1. The van der Waals surface area contributed by atoms with Gasteiger partial charge in [0.1, 0.15) is 23.8 Å². The summed E-state index contributed by atoms with van der Waals surface area (Å²) in [5, 5.41) is 22.4. The minimum atomic E-state index is -5.13. The van der Waals surface area contributed by atoms with Crippen LogP contribution in [0.25, 0.3) is 11.0 Å². The van der Waals surface area contributed by atoms with E-state index in [2.05, 4.69) is 14.7 Å². The minimum Gasteiger partial charge on any atom is -0.467 e. The summed E-state index contributed by atoms with van der Waals surface area (Å²) in [5.41, 5.74) is 6.75. The zero-order valence-corrected chi connectivity index (χ0v) is 18.0. The molecule has 0 saturated carbocycles. The minimum absolute atomic E-state index is 0.140. The Labute approximate surface area is 189 Å². The van der Waals surface area contributed by atoms with Gasteiger partial charge in [-0.05, 0) is 18.2 Å². The number of esters is 1. The van der Waals surface area contributed by atoms with Gasteiger partial charge in [-0.3, -0.25) is 4.79 Å². The zero-order chi connectivity index (χ0) is 24.3. The van der Waals surface area contributed by atoms with Crippen LogP contribution < -0.4 is 11.1 Å². The van der Waals surface area contributed by atoms with Crippen molar-refractivity contribution in [3.63, 3.8) is 0 Å². The first kappa shape index (κ1) is 25.0. The third-order valence-corrected chi connectivity index (χ3v) is 6.10. The van der Waals surface area contributed by atoms with Gasteiger partial charge in [-0.2, -0.15) is 24.9 Å². The van der Waals surface area contributed by atoms with Crippen LogP contribution in [-0.4, -0.2) is 85.8 Å². The van der Waals surface area contributed by atoms with Gasteiger partial charge in [0.2, 0.25) is 0 Å². The van der Waals surface area contributed by atoms with Crippen molar-refractivity contribution in [3.8, 4) is 0 Å². The Morgan fingerprint density at radius 2 is 2.09 bits per heavy atom. The average Bonchev–Trinajstić information content (AvgIpc) is 3.31. The number of ether oxygens (including phenoxy) is 2. The van der Waals surface area contributed by atoms with Crippen molar-refractivity contribution >= 4 is 40.5 Å². The van der Waals surface area contributed by atoms with Gasteiger partial charge in [0.15, 0.2) is 12.0 Å². The molecule has 3 rings (SSSR count). The number of fused-ring (bicyclic) bond motifs is 1. The molecule has 2 aromatic heterocycles. The summed E-state index contributed by atoms with van der Waals surface area (Å²) in [6.45, 7) is 0. The van der Waals surface area contributed by atoms with Crippen molar-refractivity contribution in [2.24, 2.45) is 0 Å². The smallest absolute Gasteiger partial charge is 0.467 e. The van der Waals surface area contributed by atoms with Gasteiger partial charge < -0.3 is 35.3 Å². The molecular weight excluding hydrogens is 471 g/mol. The quantitative estimate of drug-likeness (QED) is 0.290. The molecule has 1 saturated heterocycles. The van der Waals surface area contributed by atoms with Crippen LogP contribution in [0.15, 0.2) is 18.6 Å². The molecule has 11 nitrogen and oxygen atoms in total. The average molecular weight is 493 g/mol. The number of nitrogens with one attached hydrogen (secondary N) is 1. The number of aromatic nitrogens is 3. The van der Waals surface area contributed by atoms with Crippen LogP contribution in [0.1, 0.15) is 12.6 Å². The van der Waals surface area contributed by atoms with Crippen LogP contribution in [0.5, 0.6) is 0 Å². The van der Waals surface area contributed by atoms with Crippen LogP contribution in [0.4, 0.5) is 19.0 Å². The highest BCUT2D eigenvalue weighted by molar-refractivity contribution is 7.99. The summed E-state index contributed by atoms with van der Waals surface area (Å²) in [7, 11) is 0.996. The van der Waals surface area contributed by atoms with E-state index in [9.17, 15) is 33.0 Å². The first-order valence-corrected chi connectivity index (χ1v) is 10.8. The van der Waals surface area contributed by atoms with Gasteiger partial charge in [0, 0.05) is 11.9 Å². The number of methoxy groups -OCH3 is 1. The standard InChI is InChI=1S/C18H22F3N5O6S/c1-31-16(29)8(25-17(30)18(19,20)21)3-5-33-6-10-12(27)13(28)15(32-10)26-7-24-11-9(26)2-4-23-14(11)22/h2,4,7-8,10,12-13,15,27-28H,3,5-6H2,1H3,(H2,22,23)(H,25,30)/t8-,10+,12+,13+,15+/m0/s1. The summed E-state index contributed by atoms with van der Waals surface area (Å²) in [6.07, 6.45) is -6.70. The molecule has 1 amide bonds. The second kappa shape index (κ2) is 10.1. The van der Waals surface area contributed by atoms with E-state index in [-0.39, 0.29) is 23.7 Å². The summed E-state index contributed by atoms with van der Waals surface area (Å²) in [5.74, 6) is -2.76. The third-order valence-electron chi connectivity index (χ3n) is 5.01. The number of anilines is 1. The van der Waals surface area contributed by atoms with Crippen LogP contribution in [-0.2, 0) is 19.1 Å². The molecule has 5 atom stereocenters. The van der Waals surface area contributed by atoms with Crippen molar-refractivity contribution in [1.82, 2.24) is 19.9 Å². The molecule has 1 fully saturated rings. The van der Waals surface area contributed by atoms with E-state index < -0.39 is 48.6 Å². The lowest BCUT2D eigenvalue weighted by atomic mass is 10.1. The number of pyridine rings is 1. The molecule has 0 aromatic carbocycles. The molecule has 182 valence electrons. The maximum atomic E-state index is 12.5. The van der Waals surface area contributed by atoms with E-state index in [1.807, 2.05) is 0 Å². The van der Waals surface area contributed by atoms with Gasteiger partial charge >= 0.3 is 18.1 Å². The fourth-order valence-electron chi connectivity index (χ4n) is 3.31. The van der Waals surface area contributed by atoms with Crippen LogP contribution >= 0.6 is 11.8 Å². The van der Waals surface area contributed by atoms with Crippen molar-refractivity contribution in [2.45, 2.75) is 43.2 Å². The second-order valence-electron chi connectivity index (χ2n) is 7.17. The second-order valence-corrected chi connectivity index (χ2v) is 8.32. The van der Waals surface area contributed by atoms with E-state index in [0.29, 0.717) is 11.0 Å². The Morgan fingerprint density at radius 1 is 1.36 bits per heavy atom. The van der Waals surface area contributed by atoms with E-state index in [1.54, 1.807) is 11.4 Å². The monoisotopic (exact) mass is 493 g/mol. The predicted octanol–water partition coefficient (Wildman–Crippen LogP) is -0.0239. The summed E-state index contributed by atoms with van der Waals surface area (Å²) < 4.78 is 49.2. The molecule has 0 aliphatic carbocycles. The predicted molar refractivity (Wildman–Crippen MR) is 110 cm³/mol. The Kier molecular flexibility index (Phi) is 7.66. The van der Waals surface area contributed by atoms with E-state index >= 15 is 0 Å². The Balaban J connectivity index is 1.57. The molecule has 1 aliphatic rings. The number of alkyl halides is 3. The van der Waals surface area contributed by atoms with Gasteiger partial charge in [0.05, 0.1) is 25.1 Å². The maximum absolute atomic E-state index is 12.5. The number of hydrogen-bond acceptors (Lipinski definition) is 10. The van der Waals surface area contributed by atoms with Crippen molar-refractivity contribution in [1.29, 1.82) is 0 Å². The molecule has 5 N–H and O–H groups in total. The number of hydrogen-bond donors (Lipinski definition) is 4. The van der Waals surface area contributed by atoms with Crippen molar-refractivity contribution in [2.75, 3.05) is 24.3 Å². The fourth-order valence-corrected chi connectivity index (χ4v) is 4.39. The highest BCUT2D eigenvalue weighted by atomic mass is 32.2. The number of nitrogens with zero attached hydrogens (tertiary/aromatic N) is 3. The number of nitrogen functional groups attached to an aromatic ring is 1. The molecule has 0 bridgehead atoms. The van der Waals surface area contributed by atoms with Crippen LogP contribution in [0, 0.1) is 0 Å². The number of amides is 1. The van der Waals surface area contributed by atoms with Crippen LogP contribution in [0.3, 0.4) is 0 Å². The number of rotatable bonds is 8. The lowest BCUT2D eigenvalue weighted by molar-refractivity contribution is -0.175. The van der Waals surface area contributed by atoms with Gasteiger partial charge in [0.25, 0.3) is 0 Å². The molecule has 0 spiro atoms. The number of aliphatic hydroxyl groups is 2. The Bertz CT molecular complexity index is 1010. The van der Waals surface area contributed by atoms with Crippen molar-refractivity contribution < 1.29 is 42.4 Å². The molecule has 1 aliphatic heterocycles. The molecule has 0 radical (unpaired) electrons. The lowest BCUT2D eigenvalue weighted by Crippen LogP contribution is -2.47. The highest BCUT2D eigenvalue weighted by Gasteiger charge is 2.44. The summed E-state index contributed by atoms with van der Waals surface area (Å²) >= 11 is 1.16. The lowest BCUT2D eigenvalue weighted by Gasteiger charge is -2.18. The molecule has 33 heavy (non-hydrogen) atoms. The number of imidazole rings is 1. The third kappa shape index (κ3) is 5.48. The first-order chi connectivity index (χ1) is 15.5. The van der Waals surface area contributed by atoms with E-state index in [4.69, 9.17) is 10.5 Å². The Morgan fingerprint density at radius 3 is 2.76 bits per heavy atom. The molecule has 2 aromatic rings. The van der Waals surface area contributed by atoms with Gasteiger partial charge in [-0.15, -0.1) is 0 Å². The molecule has 0 unspecified atom stereocenters. The van der Waals surface area contributed by atoms with Crippen molar-refractivity contribution in [3.05, 3.63) is 18.6 Å². The number of aliphatic hydroxyl groups excluding tert-OH is 2. The van der Waals surface area contributed by atoms with Crippen LogP contribution in [0.2, 0.25) is 0 Å². The fraction of sp³-hybridized carbons (Fsp3) is 0.556. The number of carbonyl (C=O) groups excluding carboxylic acids is 2. The Hall–Kier alpha value is -2.62.